The van der Waals surface area contributed by atoms with E-state index < -0.39 is 17.4 Å². The van der Waals surface area contributed by atoms with Crippen molar-refractivity contribution < 1.29 is 18.0 Å². The maximum atomic E-state index is 13.5. The van der Waals surface area contributed by atoms with Crippen LogP contribution in [-0.4, -0.2) is 37.2 Å². The number of nitrogens with zero attached hydrogens (tertiary/aromatic N) is 5. The normalized spacial score (nSPS) is 22.2. The van der Waals surface area contributed by atoms with Crippen LogP contribution in [0.3, 0.4) is 0 Å². The maximum absolute atomic E-state index is 13.5. The molecule has 2 unspecified atom stereocenters. The summed E-state index contributed by atoms with van der Waals surface area (Å²) in [5, 5.41) is 4.32. The fourth-order valence-electron chi connectivity index (χ4n) is 4.04. The molecule has 3 heterocycles. The van der Waals surface area contributed by atoms with E-state index in [0.717, 1.165) is 11.9 Å². The van der Waals surface area contributed by atoms with Gasteiger partial charge in [-0.3, -0.25) is 9.48 Å². The summed E-state index contributed by atoms with van der Waals surface area (Å²) in [6, 6.07) is -0.0767. The van der Waals surface area contributed by atoms with Gasteiger partial charge in [0.05, 0.1) is 29.0 Å². The van der Waals surface area contributed by atoms with E-state index in [1.165, 1.54) is 11.5 Å². The fourth-order valence-corrected chi connectivity index (χ4v) is 4.15. The zero-order chi connectivity index (χ0) is 22.6. The standard InChI is InChI=1S/C20H27ClF3N5O/c1-11(2)17-15(9-25-29(17)13(4)12(3)21)27-8-7-19(6,18(27)30)28-10-16(20(22,23)24)26-14(28)5/h9-13H,7-8H2,1-6H3/t12-,13?,19?/m0/s1. The molecule has 1 aliphatic rings. The third kappa shape index (κ3) is 3.61. The second-order valence-corrected chi connectivity index (χ2v) is 9.14. The molecule has 1 aliphatic heterocycles. The van der Waals surface area contributed by atoms with Gasteiger partial charge in [-0.05, 0) is 40.0 Å². The van der Waals surface area contributed by atoms with Gasteiger partial charge >= 0.3 is 6.18 Å². The van der Waals surface area contributed by atoms with Crippen molar-refractivity contribution in [3.8, 4) is 0 Å². The zero-order valence-electron chi connectivity index (χ0n) is 18.0. The highest BCUT2D eigenvalue weighted by atomic mass is 35.5. The number of carbonyl (C=O) groups excluding carboxylic acids is 1. The molecule has 0 radical (unpaired) electrons. The van der Waals surface area contributed by atoms with E-state index in [1.54, 1.807) is 18.0 Å². The number of aryl methyl sites for hydroxylation is 1. The Morgan fingerprint density at radius 2 is 1.87 bits per heavy atom. The molecule has 0 bridgehead atoms. The summed E-state index contributed by atoms with van der Waals surface area (Å²) in [5.41, 5.74) is -0.585. The third-order valence-electron chi connectivity index (χ3n) is 5.93. The summed E-state index contributed by atoms with van der Waals surface area (Å²) in [4.78, 5) is 18.7. The molecule has 2 aromatic rings. The van der Waals surface area contributed by atoms with E-state index in [1.807, 2.05) is 32.4 Å². The van der Waals surface area contributed by atoms with Crippen LogP contribution < -0.4 is 4.90 Å². The molecular formula is C20H27ClF3N5O. The molecule has 30 heavy (non-hydrogen) atoms. The average Bonchev–Trinajstić information content (AvgIpc) is 3.31. The lowest BCUT2D eigenvalue weighted by molar-refractivity contribution is -0.141. The highest BCUT2D eigenvalue weighted by Gasteiger charge is 2.48. The SMILES string of the molecule is Cc1nc(C(F)(F)F)cn1C1(C)CCN(c2cnn(C(C)[C@H](C)Cl)c2C(C)C)C1=O. The van der Waals surface area contributed by atoms with Gasteiger partial charge in [0.1, 0.15) is 11.4 Å². The number of rotatable bonds is 5. The second-order valence-electron chi connectivity index (χ2n) is 8.45. The largest absolute Gasteiger partial charge is 0.434 e. The van der Waals surface area contributed by atoms with Crippen LogP contribution in [0.4, 0.5) is 18.9 Å². The lowest BCUT2D eigenvalue weighted by Crippen LogP contribution is -2.41. The van der Waals surface area contributed by atoms with Crippen molar-refractivity contribution >= 4 is 23.2 Å². The van der Waals surface area contributed by atoms with Crippen molar-refractivity contribution in [1.82, 2.24) is 19.3 Å². The topological polar surface area (TPSA) is 56.0 Å². The number of hydrogen-bond donors (Lipinski definition) is 0. The third-order valence-corrected chi connectivity index (χ3v) is 6.30. The molecule has 3 atom stereocenters. The van der Waals surface area contributed by atoms with Crippen molar-refractivity contribution in [1.29, 1.82) is 0 Å². The number of halogens is 4. The summed E-state index contributed by atoms with van der Waals surface area (Å²) >= 11 is 6.28. The smallest absolute Gasteiger partial charge is 0.319 e. The highest BCUT2D eigenvalue weighted by Crippen LogP contribution is 2.40. The summed E-state index contributed by atoms with van der Waals surface area (Å²) in [6.07, 6.45) is -1.62. The molecule has 3 rings (SSSR count). The van der Waals surface area contributed by atoms with E-state index >= 15 is 0 Å². The van der Waals surface area contributed by atoms with Crippen LogP contribution >= 0.6 is 11.6 Å². The number of alkyl halides is 4. The molecule has 1 amide bonds. The number of imidazole rings is 1. The first-order valence-corrected chi connectivity index (χ1v) is 10.4. The highest BCUT2D eigenvalue weighted by molar-refractivity contribution is 6.20. The van der Waals surface area contributed by atoms with Gasteiger partial charge in [0.25, 0.3) is 5.91 Å². The number of anilines is 1. The van der Waals surface area contributed by atoms with Gasteiger partial charge in [0.15, 0.2) is 5.69 Å². The van der Waals surface area contributed by atoms with Crippen LogP contribution in [0.15, 0.2) is 12.4 Å². The molecule has 0 spiro atoms. The number of carbonyl (C=O) groups is 1. The van der Waals surface area contributed by atoms with Crippen LogP contribution in [0.2, 0.25) is 0 Å². The molecule has 6 nitrogen and oxygen atoms in total. The maximum Gasteiger partial charge on any atom is 0.434 e. The summed E-state index contributed by atoms with van der Waals surface area (Å²) in [5.74, 6) is -0.0408. The van der Waals surface area contributed by atoms with E-state index in [2.05, 4.69) is 10.1 Å². The van der Waals surface area contributed by atoms with E-state index in [9.17, 15) is 18.0 Å². The summed E-state index contributed by atoms with van der Waals surface area (Å²) in [6.45, 7) is 11.4. The Bertz CT molecular complexity index is 949. The first-order valence-electron chi connectivity index (χ1n) is 9.96. The molecule has 166 valence electrons. The van der Waals surface area contributed by atoms with E-state index in [-0.39, 0.29) is 29.1 Å². The minimum absolute atomic E-state index is 0.0758. The molecule has 1 fully saturated rings. The molecule has 0 N–H and O–H groups in total. The Hall–Kier alpha value is -2.03. The van der Waals surface area contributed by atoms with Crippen molar-refractivity contribution in [2.75, 3.05) is 11.4 Å². The minimum Gasteiger partial charge on any atom is -0.319 e. The van der Waals surface area contributed by atoms with Crippen molar-refractivity contribution in [2.24, 2.45) is 0 Å². The Labute approximate surface area is 179 Å². The fraction of sp³-hybridized carbons (Fsp3) is 0.650. The Morgan fingerprint density at radius 1 is 1.23 bits per heavy atom. The minimum atomic E-state index is -4.56. The van der Waals surface area contributed by atoms with Gasteiger partial charge in [0, 0.05) is 12.7 Å². The molecule has 0 aliphatic carbocycles. The molecular weight excluding hydrogens is 419 g/mol. The van der Waals surface area contributed by atoms with Gasteiger partial charge in [-0.1, -0.05) is 13.8 Å². The first-order chi connectivity index (χ1) is 13.8. The zero-order valence-corrected chi connectivity index (χ0v) is 18.7. The predicted molar refractivity (Wildman–Crippen MR) is 109 cm³/mol. The van der Waals surface area contributed by atoms with Crippen molar-refractivity contribution in [2.45, 2.75) is 77.0 Å². The van der Waals surface area contributed by atoms with Crippen molar-refractivity contribution in [3.05, 3.63) is 29.6 Å². The number of hydrogen-bond acceptors (Lipinski definition) is 3. The second kappa shape index (κ2) is 7.59. The van der Waals surface area contributed by atoms with Gasteiger partial charge in [-0.2, -0.15) is 18.3 Å². The van der Waals surface area contributed by atoms with Crippen LogP contribution in [0.1, 0.15) is 70.2 Å². The molecule has 1 saturated heterocycles. The van der Waals surface area contributed by atoms with E-state index in [4.69, 9.17) is 11.6 Å². The van der Waals surface area contributed by atoms with Gasteiger partial charge in [0.2, 0.25) is 0 Å². The lowest BCUT2D eigenvalue weighted by Gasteiger charge is -2.27. The average molecular weight is 446 g/mol. The van der Waals surface area contributed by atoms with Gasteiger partial charge in [-0.25, -0.2) is 4.98 Å². The quantitative estimate of drug-likeness (QED) is 0.617. The van der Waals surface area contributed by atoms with Crippen LogP contribution in [-0.2, 0) is 16.5 Å². The van der Waals surface area contributed by atoms with Gasteiger partial charge < -0.3 is 9.47 Å². The molecule has 0 saturated carbocycles. The van der Waals surface area contributed by atoms with Crippen LogP contribution in [0.5, 0.6) is 0 Å². The van der Waals surface area contributed by atoms with Crippen LogP contribution in [0.25, 0.3) is 0 Å². The van der Waals surface area contributed by atoms with E-state index in [0.29, 0.717) is 18.7 Å². The number of amides is 1. The molecule has 0 aromatic carbocycles. The Balaban J connectivity index is 2.01. The number of aromatic nitrogens is 4. The Kier molecular flexibility index (Phi) is 5.73. The molecule has 2 aromatic heterocycles. The lowest BCUT2D eigenvalue weighted by atomic mass is 10.00. The monoisotopic (exact) mass is 445 g/mol. The summed E-state index contributed by atoms with van der Waals surface area (Å²) < 4.78 is 42.6. The Morgan fingerprint density at radius 3 is 2.37 bits per heavy atom. The van der Waals surface area contributed by atoms with Gasteiger partial charge in [-0.15, -0.1) is 11.6 Å². The first kappa shape index (κ1) is 22.7. The predicted octanol–water partition coefficient (Wildman–Crippen LogP) is 4.87. The van der Waals surface area contributed by atoms with Crippen LogP contribution in [0, 0.1) is 6.92 Å². The van der Waals surface area contributed by atoms with Crippen molar-refractivity contribution in [3.63, 3.8) is 0 Å². The molecule has 10 heteroatoms. The summed E-state index contributed by atoms with van der Waals surface area (Å²) in [7, 11) is 0.